The van der Waals surface area contributed by atoms with E-state index in [9.17, 15) is 5.11 Å². The standard InChI is InChI=1S/C14H17N3O.ClH/c1-17-14(8-13(16-17)11-5-6-11)15-9-10-3-2-4-12(18)7-10;/h2-4,7-8,11,15,18H,5-6,9H2,1H3;1H. The minimum Gasteiger partial charge on any atom is -0.508 e. The van der Waals surface area contributed by atoms with Crippen molar-refractivity contribution in [3.63, 3.8) is 0 Å². The summed E-state index contributed by atoms with van der Waals surface area (Å²) in [6, 6.07) is 9.42. The highest BCUT2D eigenvalue weighted by Gasteiger charge is 2.26. The lowest BCUT2D eigenvalue weighted by molar-refractivity contribution is 0.474. The Labute approximate surface area is 118 Å². The number of hydrogen-bond donors (Lipinski definition) is 2. The Hall–Kier alpha value is -1.68. The molecule has 2 N–H and O–H groups in total. The van der Waals surface area contributed by atoms with Crippen molar-refractivity contribution in [2.75, 3.05) is 5.32 Å². The summed E-state index contributed by atoms with van der Waals surface area (Å²) in [5.74, 6) is 2.01. The minimum atomic E-state index is 0. The maximum atomic E-state index is 9.40. The van der Waals surface area contributed by atoms with Gasteiger partial charge in [0.2, 0.25) is 0 Å². The number of rotatable bonds is 4. The highest BCUT2D eigenvalue weighted by atomic mass is 35.5. The summed E-state index contributed by atoms with van der Waals surface area (Å²) in [4.78, 5) is 0. The SMILES string of the molecule is Cl.Cn1nc(C2CC2)cc1NCc1cccc(O)c1. The molecular formula is C14H18ClN3O. The predicted molar refractivity (Wildman–Crippen MR) is 77.9 cm³/mol. The van der Waals surface area contributed by atoms with Gasteiger partial charge in [0.25, 0.3) is 0 Å². The van der Waals surface area contributed by atoms with Crippen LogP contribution < -0.4 is 5.32 Å². The van der Waals surface area contributed by atoms with Crippen LogP contribution >= 0.6 is 12.4 Å². The molecule has 1 aromatic carbocycles. The second-order valence-electron chi connectivity index (χ2n) is 4.88. The highest BCUT2D eigenvalue weighted by molar-refractivity contribution is 5.85. The van der Waals surface area contributed by atoms with E-state index < -0.39 is 0 Å². The minimum absolute atomic E-state index is 0. The molecule has 1 fully saturated rings. The number of aromatic hydroxyl groups is 1. The summed E-state index contributed by atoms with van der Waals surface area (Å²) >= 11 is 0. The van der Waals surface area contributed by atoms with E-state index >= 15 is 0 Å². The van der Waals surface area contributed by atoms with E-state index in [-0.39, 0.29) is 12.4 Å². The van der Waals surface area contributed by atoms with Crippen LogP contribution in [0.15, 0.2) is 30.3 Å². The normalized spacial score (nSPS) is 13.9. The molecule has 0 spiro atoms. The zero-order valence-electron chi connectivity index (χ0n) is 10.8. The largest absolute Gasteiger partial charge is 0.508 e. The van der Waals surface area contributed by atoms with Crippen LogP contribution in [-0.4, -0.2) is 14.9 Å². The van der Waals surface area contributed by atoms with Crippen molar-refractivity contribution in [2.24, 2.45) is 7.05 Å². The van der Waals surface area contributed by atoms with Crippen molar-refractivity contribution in [1.29, 1.82) is 0 Å². The lowest BCUT2D eigenvalue weighted by atomic mass is 10.2. The Kier molecular flexibility index (Phi) is 4.00. The summed E-state index contributed by atoms with van der Waals surface area (Å²) < 4.78 is 1.89. The predicted octanol–water partition coefficient (Wildman–Crippen LogP) is 3.04. The molecule has 3 rings (SSSR count). The van der Waals surface area contributed by atoms with Crippen LogP contribution in [0.1, 0.15) is 30.0 Å². The second kappa shape index (κ2) is 5.53. The lowest BCUT2D eigenvalue weighted by Crippen LogP contribution is -2.04. The number of aromatic nitrogens is 2. The summed E-state index contributed by atoms with van der Waals surface area (Å²) in [5.41, 5.74) is 2.25. The molecule has 102 valence electrons. The topological polar surface area (TPSA) is 50.1 Å². The Morgan fingerprint density at radius 1 is 1.37 bits per heavy atom. The molecular weight excluding hydrogens is 262 g/mol. The third-order valence-corrected chi connectivity index (χ3v) is 3.28. The van der Waals surface area contributed by atoms with Crippen molar-refractivity contribution < 1.29 is 5.11 Å². The van der Waals surface area contributed by atoms with Gasteiger partial charge in [0.15, 0.2) is 0 Å². The van der Waals surface area contributed by atoms with E-state index in [1.54, 1.807) is 12.1 Å². The number of nitrogens with one attached hydrogen (secondary N) is 1. The molecule has 1 aliphatic rings. The van der Waals surface area contributed by atoms with Crippen LogP contribution in [0, 0.1) is 0 Å². The second-order valence-corrected chi connectivity index (χ2v) is 4.88. The van der Waals surface area contributed by atoms with Gasteiger partial charge in [-0.15, -0.1) is 12.4 Å². The summed E-state index contributed by atoms with van der Waals surface area (Å²) in [5, 5.41) is 17.3. The summed E-state index contributed by atoms with van der Waals surface area (Å²) in [7, 11) is 1.96. The van der Waals surface area contributed by atoms with Gasteiger partial charge in [-0.05, 0) is 30.5 Å². The third-order valence-electron chi connectivity index (χ3n) is 3.28. The fraction of sp³-hybridized carbons (Fsp3) is 0.357. The number of halogens is 1. The van der Waals surface area contributed by atoms with E-state index in [4.69, 9.17) is 0 Å². The van der Waals surface area contributed by atoms with Crippen molar-refractivity contribution in [3.8, 4) is 5.75 Å². The molecule has 1 aromatic heterocycles. The van der Waals surface area contributed by atoms with Gasteiger partial charge >= 0.3 is 0 Å². The average molecular weight is 280 g/mol. The van der Waals surface area contributed by atoms with Gasteiger partial charge in [-0.3, -0.25) is 4.68 Å². The van der Waals surface area contributed by atoms with E-state index in [2.05, 4.69) is 16.5 Å². The Bertz CT molecular complexity index is 564. The van der Waals surface area contributed by atoms with Gasteiger partial charge in [0, 0.05) is 25.6 Å². The van der Waals surface area contributed by atoms with Gasteiger partial charge in [-0.25, -0.2) is 0 Å². The molecule has 1 saturated carbocycles. The van der Waals surface area contributed by atoms with Crippen molar-refractivity contribution in [3.05, 3.63) is 41.6 Å². The molecule has 0 radical (unpaired) electrons. The molecule has 1 aliphatic carbocycles. The first-order valence-corrected chi connectivity index (χ1v) is 6.28. The number of benzene rings is 1. The number of aryl methyl sites for hydroxylation is 1. The average Bonchev–Trinajstić information content (AvgIpc) is 3.12. The lowest BCUT2D eigenvalue weighted by Gasteiger charge is -2.06. The van der Waals surface area contributed by atoms with Gasteiger partial charge in [0.05, 0.1) is 5.69 Å². The van der Waals surface area contributed by atoms with Crippen molar-refractivity contribution in [2.45, 2.75) is 25.3 Å². The number of nitrogens with zero attached hydrogens (tertiary/aromatic N) is 2. The molecule has 0 bridgehead atoms. The molecule has 0 saturated heterocycles. The Balaban J connectivity index is 0.00000133. The maximum Gasteiger partial charge on any atom is 0.124 e. The van der Waals surface area contributed by atoms with Crippen molar-refractivity contribution in [1.82, 2.24) is 9.78 Å². The molecule has 2 aromatic rings. The number of hydrogen-bond acceptors (Lipinski definition) is 3. The van der Waals surface area contributed by atoms with Crippen LogP contribution in [0.2, 0.25) is 0 Å². The molecule has 0 unspecified atom stereocenters. The molecule has 0 atom stereocenters. The zero-order valence-corrected chi connectivity index (χ0v) is 11.7. The highest BCUT2D eigenvalue weighted by Crippen LogP contribution is 2.39. The van der Waals surface area contributed by atoms with E-state index in [0.717, 1.165) is 11.4 Å². The van der Waals surface area contributed by atoms with Crippen LogP contribution in [0.3, 0.4) is 0 Å². The van der Waals surface area contributed by atoms with Gasteiger partial charge in [-0.1, -0.05) is 12.1 Å². The van der Waals surface area contributed by atoms with Gasteiger partial charge in [-0.2, -0.15) is 5.10 Å². The molecule has 1 heterocycles. The molecule has 19 heavy (non-hydrogen) atoms. The van der Waals surface area contributed by atoms with E-state index in [1.165, 1.54) is 18.5 Å². The first kappa shape index (κ1) is 13.7. The van der Waals surface area contributed by atoms with E-state index in [0.29, 0.717) is 18.2 Å². The third kappa shape index (κ3) is 3.20. The van der Waals surface area contributed by atoms with Crippen LogP contribution in [-0.2, 0) is 13.6 Å². The quantitative estimate of drug-likeness (QED) is 0.904. The fourth-order valence-electron chi connectivity index (χ4n) is 2.09. The Morgan fingerprint density at radius 2 is 2.16 bits per heavy atom. The number of anilines is 1. The zero-order chi connectivity index (χ0) is 12.5. The summed E-state index contributed by atoms with van der Waals surface area (Å²) in [6.07, 6.45) is 2.53. The fourth-order valence-corrected chi connectivity index (χ4v) is 2.09. The van der Waals surface area contributed by atoms with Gasteiger partial charge in [0.1, 0.15) is 11.6 Å². The van der Waals surface area contributed by atoms with Crippen LogP contribution in [0.5, 0.6) is 5.75 Å². The number of phenolic OH excluding ortho intramolecular Hbond substituents is 1. The first-order valence-electron chi connectivity index (χ1n) is 6.28. The first-order chi connectivity index (χ1) is 8.72. The van der Waals surface area contributed by atoms with Gasteiger partial charge < -0.3 is 10.4 Å². The maximum absolute atomic E-state index is 9.40. The smallest absolute Gasteiger partial charge is 0.124 e. The monoisotopic (exact) mass is 279 g/mol. The molecule has 5 heteroatoms. The molecule has 0 aliphatic heterocycles. The molecule has 0 amide bonds. The summed E-state index contributed by atoms with van der Waals surface area (Å²) in [6.45, 7) is 0.693. The molecule has 4 nitrogen and oxygen atoms in total. The van der Waals surface area contributed by atoms with Crippen LogP contribution in [0.4, 0.5) is 5.82 Å². The van der Waals surface area contributed by atoms with Crippen LogP contribution in [0.25, 0.3) is 0 Å². The van der Waals surface area contributed by atoms with Crippen molar-refractivity contribution >= 4 is 18.2 Å². The Morgan fingerprint density at radius 3 is 2.84 bits per heavy atom. The number of phenols is 1. The van der Waals surface area contributed by atoms with E-state index in [1.807, 2.05) is 23.9 Å².